The number of carboxylic acids is 1. The monoisotopic (exact) mass is 480 g/mol. The number of aliphatic hydroxyl groups excluding tert-OH is 1. The summed E-state index contributed by atoms with van der Waals surface area (Å²) in [6.07, 6.45) is 7.71. The number of carbonyl (C=O) groups excluding carboxylic acids is 2. The van der Waals surface area contributed by atoms with Crippen LogP contribution < -0.4 is 0 Å². The number of fused-ring (bicyclic) bond motifs is 3. The molecule has 0 amide bonds. The average Bonchev–Trinajstić information content (AvgIpc) is 3.13. The van der Waals surface area contributed by atoms with Gasteiger partial charge in [0, 0.05) is 17.3 Å². The lowest BCUT2D eigenvalue weighted by molar-refractivity contribution is -0.178. The Morgan fingerprint density at radius 3 is 2.51 bits per heavy atom. The largest absolute Gasteiger partial charge is 0.504 e. The summed E-state index contributed by atoms with van der Waals surface area (Å²) >= 11 is 0. The third-order valence-electron chi connectivity index (χ3n) is 10.7. The number of hydrogen-bond acceptors (Lipinski definition) is 6. The summed E-state index contributed by atoms with van der Waals surface area (Å²) in [6, 6.07) is 1.94. The third kappa shape index (κ3) is 2.30. The van der Waals surface area contributed by atoms with Crippen LogP contribution in [0.15, 0.2) is 46.5 Å². The number of rotatable bonds is 3. The number of Topliss-reactive ketones (excluding diaryl/α,β-unsaturated/α-hetero) is 1. The summed E-state index contributed by atoms with van der Waals surface area (Å²) in [5.41, 5.74) is -3.03. The molecule has 7 heteroatoms. The molecule has 1 aliphatic heterocycles. The minimum Gasteiger partial charge on any atom is -0.504 e. The lowest BCUT2D eigenvalue weighted by atomic mass is 9.37. The highest BCUT2D eigenvalue weighted by Crippen LogP contribution is 2.82. The normalized spacial score (nSPS) is 47.1. The number of ketones is 2. The summed E-state index contributed by atoms with van der Waals surface area (Å²) in [5.74, 6) is -2.66. The van der Waals surface area contributed by atoms with Gasteiger partial charge in [-0.3, -0.25) is 14.4 Å². The third-order valence-corrected chi connectivity index (χ3v) is 10.7. The average molecular weight is 481 g/mol. The van der Waals surface area contributed by atoms with Gasteiger partial charge in [0.25, 0.3) is 0 Å². The van der Waals surface area contributed by atoms with Gasteiger partial charge in [-0.2, -0.15) is 0 Å². The highest BCUT2D eigenvalue weighted by molar-refractivity contribution is 6.06. The molecule has 8 unspecified atom stereocenters. The molecule has 6 rings (SSSR count). The molecular formula is C28H32O7. The molecule has 2 N–H and O–H groups in total. The van der Waals surface area contributed by atoms with E-state index < -0.39 is 44.9 Å². The van der Waals surface area contributed by atoms with E-state index in [2.05, 4.69) is 6.92 Å². The van der Waals surface area contributed by atoms with Crippen LogP contribution in [0.1, 0.15) is 65.4 Å². The molecule has 3 fully saturated rings. The number of furan rings is 1. The Kier molecular flexibility index (Phi) is 4.14. The molecule has 1 aromatic heterocycles. The number of hydrogen-bond donors (Lipinski definition) is 2. The number of aliphatic carboxylic acids is 1. The number of carboxylic acid groups (broad SMARTS) is 1. The van der Waals surface area contributed by atoms with Crippen molar-refractivity contribution in [2.24, 2.45) is 33.5 Å². The van der Waals surface area contributed by atoms with Crippen LogP contribution in [-0.4, -0.2) is 39.5 Å². The molecule has 35 heavy (non-hydrogen) atoms. The second-order valence-electron chi connectivity index (χ2n) is 12.5. The van der Waals surface area contributed by atoms with Gasteiger partial charge in [0.15, 0.2) is 11.5 Å². The van der Waals surface area contributed by atoms with Gasteiger partial charge in [0.2, 0.25) is 5.78 Å². The quantitative estimate of drug-likeness (QED) is 0.608. The van der Waals surface area contributed by atoms with Crippen molar-refractivity contribution in [1.29, 1.82) is 0 Å². The molecule has 0 radical (unpaired) electrons. The van der Waals surface area contributed by atoms with Crippen molar-refractivity contribution in [2.75, 3.05) is 0 Å². The van der Waals surface area contributed by atoms with Crippen LogP contribution in [0.25, 0.3) is 0 Å². The fraction of sp³-hybridized carbons (Fsp3) is 0.607. The second kappa shape index (κ2) is 6.36. The Bertz CT molecular complexity index is 1240. The van der Waals surface area contributed by atoms with Crippen LogP contribution in [-0.2, 0) is 19.1 Å². The summed E-state index contributed by atoms with van der Waals surface area (Å²) in [4.78, 5) is 39.4. The van der Waals surface area contributed by atoms with Crippen molar-refractivity contribution in [1.82, 2.24) is 0 Å². The molecular weight excluding hydrogens is 448 g/mol. The number of carbonyl (C=O) groups is 3. The van der Waals surface area contributed by atoms with E-state index in [1.165, 1.54) is 0 Å². The molecule has 4 aliphatic carbocycles. The summed E-state index contributed by atoms with van der Waals surface area (Å²) < 4.78 is 11.9. The van der Waals surface area contributed by atoms with Gasteiger partial charge in [0.05, 0.1) is 29.5 Å². The highest BCUT2D eigenvalue weighted by atomic mass is 16.6. The summed E-state index contributed by atoms with van der Waals surface area (Å²) in [5, 5.41) is 21.5. The van der Waals surface area contributed by atoms with Crippen molar-refractivity contribution in [3.8, 4) is 0 Å². The Balaban J connectivity index is 1.62. The molecule has 186 valence electrons. The summed E-state index contributed by atoms with van der Waals surface area (Å²) in [7, 11) is 0. The number of allylic oxidation sites excluding steroid dienone is 4. The predicted molar refractivity (Wildman–Crippen MR) is 124 cm³/mol. The van der Waals surface area contributed by atoms with Crippen LogP contribution in [0.3, 0.4) is 0 Å². The first-order valence-electron chi connectivity index (χ1n) is 12.4. The van der Waals surface area contributed by atoms with Crippen molar-refractivity contribution in [2.45, 2.75) is 71.5 Å². The molecule has 1 saturated heterocycles. The number of epoxide rings is 1. The van der Waals surface area contributed by atoms with Crippen LogP contribution in [0.4, 0.5) is 0 Å². The Morgan fingerprint density at radius 2 is 1.89 bits per heavy atom. The Labute approximate surface area is 204 Å². The van der Waals surface area contributed by atoms with Crippen molar-refractivity contribution in [3.05, 3.63) is 47.6 Å². The Morgan fingerprint density at radius 1 is 1.17 bits per heavy atom. The van der Waals surface area contributed by atoms with Crippen molar-refractivity contribution in [3.63, 3.8) is 0 Å². The van der Waals surface area contributed by atoms with E-state index in [0.717, 1.165) is 5.56 Å². The zero-order valence-corrected chi connectivity index (χ0v) is 20.8. The SMILES string of the molecule is CC1(C)C(=O)C=CC2(C)C1=C(O)C(=O)C1(C)C2C(CC(=O)O)CC2(C)C(c3ccoc3)CC3OC321. The Hall–Kier alpha value is -2.67. The first-order valence-corrected chi connectivity index (χ1v) is 12.4. The van der Waals surface area contributed by atoms with E-state index in [1.54, 1.807) is 38.5 Å². The van der Waals surface area contributed by atoms with Crippen LogP contribution in [0.5, 0.6) is 0 Å². The lowest BCUT2D eigenvalue weighted by Gasteiger charge is -2.64. The van der Waals surface area contributed by atoms with Gasteiger partial charge in [-0.15, -0.1) is 0 Å². The number of aliphatic hydroxyl groups is 1. The molecule has 5 aliphatic rings. The van der Waals surface area contributed by atoms with Gasteiger partial charge < -0.3 is 19.4 Å². The van der Waals surface area contributed by atoms with Crippen LogP contribution >= 0.6 is 0 Å². The topological polar surface area (TPSA) is 117 Å². The van der Waals surface area contributed by atoms with E-state index in [-0.39, 0.29) is 35.9 Å². The fourth-order valence-corrected chi connectivity index (χ4v) is 9.65. The maximum Gasteiger partial charge on any atom is 0.303 e. The zero-order valence-electron chi connectivity index (χ0n) is 20.8. The molecule has 1 aromatic rings. The zero-order chi connectivity index (χ0) is 25.3. The van der Waals surface area contributed by atoms with E-state index in [0.29, 0.717) is 18.4 Å². The minimum atomic E-state index is -1.16. The van der Waals surface area contributed by atoms with Crippen molar-refractivity contribution >= 4 is 17.5 Å². The van der Waals surface area contributed by atoms with E-state index in [1.807, 2.05) is 19.9 Å². The molecule has 2 saturated carbocycles. The van der Waals surface area contributed by atoms with E-state index in [4.69, 9.17) is 9.15 Å². The predicted octanol–water partition coefficient (Wildman–Crippen LogP) is 4.59. The second-order valence-corrected chi connectivity index (χ2v) is 12.5. The van der Waals surface area contributed by atoms with Crippen LogP contribution in [0, 0.1) is 33.5 Å². The fourth-order valence-electron chi connectivity index (χ4n) is 9.65. The molecule has 2 heterocycles. The van der Waals surface area contributed by atoms with E-state index >= 15 is 0 Å². The van der Waals surface area contributed by atoms with Gasteiger partial charge in [-0.05, 0) is 74.6 Å². The highest BCUT2D eigenvalue weighted by Gasteiger charge is 2.88. The standard InChI is InChI=1S/C28H32O7/c1-24(2)17(29)6-8-25(3)21-15(10-19(30)31)12-26(4)16(14-7-9-34-13-14)11-18-28(26,35-18)27(21,5)23(33)20(32)22(24)25/h6-9,13,15-16,18,21,32H,10-12H2,1-5H3,(H,30,31). The molecule has 1 spiro atoms. The maximum atomic E-state index is 14.3. The smallest absolute Gasteiger partial charge is 0.303 e. The number of ether oxygens (including phenoxy) is 1. The minimum absolute atomic E-state index is 0.0436. The maximum absolute atomic E-state index is 14.3. The molecule has 0 bridgehead atoms. The van der Waals surface area contributed by atoms with Gasteiger partial charge in [-0.25, -0.2) is 0 Å². The van der Waals surface area contributed by atoms with Gasteiger partial charge >= 0.3 is 5.97 Å². The van der Waals surface area contributed by atoms with Crippen molar-refractivity contribution < 1.29 is 33.8 Å². The van der Waals surface area contributed by atoms with Crippen LogP contribution in [0.2, 0.25) is 0 Å². The molecule has 0 aromatic carbocycles. The lowest BCUT2D eigenvalue weighted by Crippen LogP contribution is -2.69. The molecule has 8 atom stereocenters. The van der Waals surface area contributed by atoms with Gasteiger partial charge in [-0.1, -0.05) is 19.9 Å². The first-order chi connectivity index (χ1) is 16.3. The molecule has 7 nitrogen and oxygen atoms in total. The first kappa shape index (κ1) is 22.8. The summed E-state index contributed by atoms with van der Waals surface area (Å²) in [6.45, 7) is 9.41. The van der Waals surface area contributed by atoms with Gasteiger partial charge in [0.1, 0.15) is 5.60 Å². The van der Waals surface area contributed by atoms with E-state index in [9.17, 15) is 24.6 Å².